The summed E-state index contributed by atoms with van der Waals surface area (Å²) >= 11 is 1.29. The Kier molecular flexibility index (Phi) is 3.07. The Morgan fingerprint density at radius 1 is 1.25 bits per heavy atom. The van der Waals surface area contributed by atoms with Gasteiger partial charge >= 0.3 is 0 Å². The molecule has 2 heterocycles. The minimum atomic E-state index is -0.287. The lowest BCUT2D eigenvalue weighted by atomic mass is 10.3. The van der Waals surface area contributed by atoms with E-state index in [4.69, 9.17) is 15.9 Å². The first kappa shape index (κ1) is 12.5. The van der Waals surface area contributed by atoms with Gasteiger partial charge in [-0.3, -0.25) is 4.79 Å². The highest BCUT2D eigenvalue weighted by atomic mass is 32.2. The van der Waals surface area contributed by atoms with Crippen molar-refractivity contribution in [3.63, 3.8) is 0 Å². The lowest BCUT2D eigenvalue weighted by Crippen LogP contribution is -2.09. The van der Waals surface area contributed by atoms with Crippen molar-refractivity contribution < 1.29 is 4.42 Å². The van der Waals surface area contributed by atoms with Crippen LogP contribution in [0.25, 0.3) is 11.1 Å². The van der Waals surface area contributed by atoms with Gasteiger partial charge in [0.1, 0.15) is 11.3 Å². The monoisotopic (exact) mass is 289 g/mol. The van der Waals surface area contributed by atoms with Gasteiger partial charge in [0.15, 0.2) is 10.7 Å². The minimum absolute atomic E-state index is 0.182. The molecule has 0 aliphatic heterocycles. The Morgan fingerprint density at radius 2 is 2.10 bits per heavy atom. The topological polar surface area (TPSA) is 124 Å². The molecule has 20 heavy (non-hydrogen) atoms. The smallest absolute Gasteiger partial charge is 0.253 e. The Hall–Kier alpha value is -2.48. The number of H-pyrrole nitrogens is 1. The van der Waals surface area contributed by atoms with Crippen LogP contribution in [0.2, 0.25) is 0 Å². The van der Waals surface area contributed by atoms with Crippen molar-refractivity contribution in [2.24, 2.45) is 0 Å². The van der Waals surface area contributed by atoms with Crippen molar-refractivity contribution in [3.05, 3.63) is 40.5 Å². The molecule has 0 aliphatic carbocycles. The van der Waals surface area contributed by atoms with Crippen LogP contribution in [0.3, 0.4) is 0 Å². The molecule has 0 radical (unpaired) electrons. The zero-order chi connectivity index (χ0) is 14.1. The molecular weight excluding hydrogens is 278 g/mol. The fourth-order valence-corrected chi connectivity index (χ4v) is 2.43. The molecule has 0 amide bonds. The van der Waals surface area contributed by atoms with Crippen LogP contribution >= 0.6 is 11.8 Å². The zero-order valence-electron chi connectivity index (χ0n) is 10.3. The third-order valence-electron chi connectivity index (χ3n) is 2.53. The predicted octanol–water partition coefficient (Wildman–Crippen LogP) is 1.37. The van der Waals surface area contributed by atoms with Crippen LogP contribution in [0.5, 0.6) is 0 Å². The molecule has 0 fully saturated rings. The molecular formula is C12H11N5O2S. The van der Waals surface area contributed by atoms with Gasteiger partial charge in [0, 0.05) is 11.8 Å². The Balaban J connectivity index is 1.81. The second kappa shape index (κ2) is 4.89. The fourth-order valence-electron chi connectivity index (χ4n) is 1.71. The van der Waals surface area contributed by atoms with E-state index in [2.05, 4.69) is 15.0 Å². The molecule has 3 aromatic rings. The summed E-state index contributed by atoms with van der Waals surface area (Å²) in [6.07, 6.45) is 0. The van der Waals surface area contributed by atoms with Crippen LogP contribution in [0.15, 0.2) is 38.6 Å². The summed E-state index contributed by atoms with van der Waals surface area (Å²) in [6.45, 7) is 0. The van der Waals surface area contributed by atoms with Gasteiger partial charge in [0.25, 0.3) is 5.56 Å². The van der Waals surface area contributed by atoms with Gasteiger partial charge in [0.05, 0.1) is 5.75 Å². The average Bonchev–Trinajstić information content (AvgIpc) is 2.77. The number of rotatable bonds is 3. The summed E-state index contributed by atoms with van der Waals surface area (Å²) in [4.78, 5) is 22.2. The second-order valence-electron chi connectivity index (χ2n) is 4.10. The third kappa shape index (κ3) is 2.59. The van der Waals surface area contributed by atoms with E-state index >= 15 is 0 Å². The van der Waals surface area contributed by atoms with Crippen LogP contribution < -0.4 is 17.0 Å². The first-order valence-electron chi connectivity index (χ1n) is 5.75. The second-order valence-corrected chi connectivity index (χ2v) is 5.06. The molecule has 102 valence electrons. The van der Waals surface area contributed by atoms with E-state index < -0.39 is 0 Å². The van der Waals surface area contributed by atoms with Gasteiger partial charge in [-0.25, -0.2) is 9.97 Å². The summed E-state index contributed by atoms with van der Waals surface area (Å²) in [6, 6.07) is 6.49. The number of fused-ring (bicyclic) bond motifs is 1. The van der Waals surface area contributed by atoms with E-state index in [0.717, 1.165) is 0 Å². The van der Waals surface area contributed by atoms with Gasteiger partial charge in [-0.15, -0.1) is 0 Å². The number of hydrogen-bond donors (Lipinski definition) is 3. The third-order valence-corrected chi connectivity index (χ3v) is 3.39. The number of oxazole rings is 1. The van der Waals surface area contributed by atoms with E-state index in [9.17, 15) is 4.79 Å². The SMILES string of the molecule is Nc1ccc2oc(CSc3nc(N)cc(=O)[nH]3)nc2c1. The molecule has 0 bridgehead atoms. The number of hydrogen-bond acceptors (Lipinski definition) is 7. The highest BCUT2D eigenvalue weighted by molar-refractivity contribution is 7.98. The van der Waals surface area contributed by atoms with Gasteiger partial charge in [-0.2, -0.15) is 0 Å². The van der Waals surface area contributed by atoms with E-state index in [-0.39, 0.29) is 11.4 Å². The van der Waals surface area contributed by atoms with E-state index in [0.29, 0.717) is 33.6 Å². The van der Waals surface area contributed by atoms with Crippen molar-refractivity contribution in [2.45, 2.75) is 10.9 Å². The number of nitrogens with one attached hydrogen (secondary N) is 1. The van der Waals surface area contributed by atoms with Gasteiger partial charge in [-0.05, 0) is 18.2 Å². The average molecular weight is 289 g/mol. The quantitative estimate of drug-likeness (QED) is 0.378. The van der Waals surface area contributed by atoms with Crippen molar-refractivity contribution in [2.75, 3.05) is 11.5 Å². The molecule has 5 N–H and O–H groups in total. The number of nitrogens with zero attached hydrogens (tertiary/aromatic N) is 2. The number of anilines is 2. The predicted molar refractivity (Wildman–Crippen MR) is 77.3 cm³/mol. The number of aromatic nitrogens is 3. The molecule has 0 aliphatic rings. The van der Waals surface area contributed by atoms with Crippen LogP contribution in [-0.4, -0.2) is 15.0 Å². The normalized spacial score (nSPS) is 11.0. The van der Waals surface area contributed by atoms with Crippen molar-refractivity contribution >= 4 is 34.4 Å². The molecule has 0 saturated heterocycles. The number of aromatic amines is 1. The molecule has 7 nitrogen and oxygen atoms in total. The Morgan fingerprint density at radius 3 is 2.90 bits per heavy atom. The van der Waals surface area contributed by atoms with E-state index in [1.165, 1.54) is 17.8 Å². The standard InChI is InChI=1S/C12H11N5O2S/c13-6-1-2-8-7(3-6)15-11(19-8)5-20-12-16-9(14)4-10(18)17-12/h1-4H,5,13H2,(H3,14,16,17,18). The summed E-state index contributed by atoms with van der Waals surface area (Å²) in [7, 11) is 0. The molecule has 8 heteroatoms. The summed E-state index contributed by atoms with van der Waals surface area (Å²) < 4.78 is 5.57. The molecule has 0 atom stereocenters. The molecule has 1 aromatic carbocycles. The number of nitrogen functional groups attached to an aromatic ring is 2. The maximum atomic E-state index is 11.3. The van der Waals surface area contributed by atoms with Crippen LogP contribution in [0.4, 0.5) is 11.5 Å². The largest absolute Gasteiger partial charge is 0.440 e. The van der Waals surface area contributed by atoms with Crippen molar-refractivity contribution in [3.8, 4) is 0 Å². The van der Waals surface area contributed by atoms with Gasteiger partial charge in [0.2, 0.25) is 5.89 Å². The van der Waals surface area contributed by atoms with Gasteiger partial charge < -0.3 is 20.9 Å². The minimum Gasteiger partial charge on any atom is -0.440 e. The zero-order valence-corrected chi connectivity index (χ0v) is 11.1. The fraction of sp³-hybridized carbons (Fsp3) is 0.0833. The Bertz CT molecular complexity index is 826. The van der Waals surface area contributed by atoms with Crippen LogP contribution in [-0.2, 0) is 5.75 Å². The number of benzene rings is 1. The first-order chi connectivity index (χ1) is 9.60. The Labute approximate surface area is 117 Å². The van der Waals surface area contributed by atoms with E-state index in [1.807, 2.05) is 0 Å². The van der Waals surface area contributed by atoms with E-state index in [1.54, 1.807) is 18.2 Å². The molecule has 0 unspecified atom stereocenters. The highest BCUT2D eigenvalue weighted by Crippen LogP contribution is 2.23. The summed E-state index contributed by atoms with van der Waals surface area (Å²) in [5.41, 5.74) is 12.9. The highest BCUT2D eigenvalue weighted by Gasteiger charge is 2.08. The van der Waals surface area contributed by atoms with Gasteiger partial charge in [-0.1, -0.05) is 11.8 Å². The maximum absolute atomic E-state index is 11.3. The van der Waals surface area contributed by atoms with Crippen LogP contribution in [0.1, 0.15) is 5.89 Å². The first-order valence-corrected chi connectivity index (χ1v) is 6.73. The molecule has 3 rings (SSSR count). The summed E-state index contributed by atoms with van der Waals surface area (Å²) in [5, 5.41) is 0.428. The van der Waals surface area contributed by atoms with Crippen molar-refractivity contribution in [1.82, 2.24) is 15.0 Å². The summed E-state index contributed by atoms with van der Waals surface area (Å²) in [5.74, 6) is 1.14. The van der Waals surface area contributed by atoms with Crippen molar-refractivity contribution in [1.29, 1.82) is 0 Å². The molecule has 2 aromatic heterocycles. The molecule has 0 spiro atoms. The lowest BCUT2D eigenvalue weighted by molar-refractivity contribution is 0.556. The maximum Gasteiger partial charge on any atom is 0.253 e. The molecule has 0 saturated carbocycles. The van der Waals surface area contributed by atoms with Crippen LogP contribution in [0, 0.1) is 0 Å². The number of nitrogens with two attached hydrogens (primary N) is 2. The number of thioether (sulfide) groups is 1. The lowest BCUT2D eigenvalue weighted by Gasteiger charge is -1.98.